The minimum absolute atomic E-state index is 0.188. The molecule has 1 aromatic carbocycles. The molecule has 2 heterocycles. The highest BCUT2D eigenvalue weighted by Gasteiger charge is 2.29. The molecule has 22 heavy (non-hydrogen) atoms. The highest BCUT2D eigenvalue weighted by atomic mass is 32.1. The highest BCUT2D eigenvalue weighted by Crippen LogP contribution is 2.24. The number of quaternary nitrogens is 1. The van der Waals surface area contributed by atoms with Gasteiger partial charge in [0.15, 0.2) is 18.2 Å². The molecule has 0 spiro atoms. The molecule has 1 unspecified atom stereocenters. The fraction of sp³-hybridized carbons (Fsp3) is 0.312. The second kappa shape index (κ2) is 6.14. The summed E-state index contributed by atoms with van der Waals surface area (Å²) < 4.78 is 26.0. The van der Waals surface area contributed by atoms with Crippen LogP contribution in [0.25, 0.3) is 0 Å². The van der Waals surface area contributed by atoms with Gasteiger partial charge < -0.3 is 10.2 Å². The summed E-state index contributed by atoms with van der Waals surface area (Å²) >= 11 is 1.76. The van der Waals surface area contributed by atoms with Gasteiger partial charge in [0.2, 0.25) is 0 Å². The normalized spacial score (nSPS) is 20.5. The zero-order valence-electron chi connectivity index (χ0n) is 12.2. The Morgan fingerprint density at radius 3 is 2.95 bits per heavy atom. The van der Waals surface area contributed by atoms with E-state index >= 15 is 0 Å². The Morgan fingerprint density at radius 2 is 2.18 bits per heavy atom. The molecule has 0 fully saturated rings. The molecule has 6 heteroatoms. The van der Waals surface area contributed by atoms with Crippen molar-refractivity contribution in [1.29, 1.82) is 0 Å². The molecule has 0 aliphatic carbocycles. The average molecular weight is 323 g/mol. The van der Waals surface area contributed by atoms with Gasteiger partial charge in [0.05, 0.1) is 6.54 Å². The molecule has 1 aliphatic heterocycles. The van der Waals surface area contributed by atoms with Crippen molar-refractivity contribution in [2.24, 2.45) is 0 Å². The van der Waals surface area contributed by atoms with Crippen LogP contribution in [-0.2, 0) is 11.2 Å². The summed E-state index contributed by atoms with van der Waals surface area (Å²) in [4.78, 5) is 14.7. The summed E-state index contributed by atoms with van der Waals surface area (Å²) in [6, 6.07) is 5.77. The Labute approximate surface area is 131 Å². The molecule has 3 rings (SSSR count). The van der Waals surface area contributed by atoms with Crippen molar-refractivity contribution >= 4 is 22.9 Å². The van der Waals surface area contributed by atoms with Crippen molar-refractivity contribution in [3.8, 4) is 0 Å². The van der Waals surface area contributed by atoms with Gasteiger partial charge in [-0.25, -0.2) is 8.78 Å². The molecule has 3 nitrogen and oxygen atoms in total. The largest absolute Gasteiger partial charge is 0.321 e. The third kappa shape index (κ3) is 3.03. The third-order valence-electron chi connectivity index (χ3n) is 4.12. The van der Waals surface area contributed by atoms with Crippen LogP contribution in [-0.4, -0.2) is 19.0 Å². The van der Waals surface area contributed by atoms with Gasteiger partial charge in [-0.05, 0) is 30.5 Å². The van der Waals surface area contributed by atoms with Gasteiger partial charge in [-0.1, -0.05) is 0 Å². The van der Waals surface area contributed by atoms with E-state index in [1.165, 1.54) is 21.4 Å². The van der Waals surface area contributed by atoms with Gasteiger partial charge in [-0.15, -0.1) is 11.3 Å². The van der Waals surface area contributed by atoms with E-state index in [0.717, 1.165) is 25.1 Å². The molecule has 2 atom stereocenters. The zero-order valence-corrected chi connectivity index (χ0v) is 13.0. The summed E-state index contributed by atoms with van der Waals surface area (Å²) in [6.07, 6.45) is 0.977. The first-order valence-corrected chi connectivity index (χ1v) is 8.08. The number of hydrogen-bond donors (Lipinski definition) is 2. The predicted molar refractivity (Wildman–Crippen MR) is 82.1 cm³/mol. The van der Waals surface area contributed by atoms with Crippen molar-refractivity contribution in [1.82, 2.24) is 0 Å². The van der Waals surface area contributed by atoms with Crippen LogP contribution in [0, 0.1) is 11.6 Å². The number of carbonyl (C=O) groups is 1. The maximum absolute atomic E-state index is 13.1. The van der Waals surface area contributed by atoms with Crippen molar-refractivity contribution in [3.05, 3.63) is 51.7 Å². The second-order valence-electron chi connectivity index (χ2n) is 5.53. The lowest BCUT2D eigenvalue weighted by molar-refractivity contribution is -0.923. The number of halogens is 2. The monoisotopic (exact) mass is 323 g/mol. The Hall–Kier alpha value is -1.79. The summed E-state index contributed by atoms with van der Waals surface area (Å²) in [5.41, 5.74) is 1.59. The number of hydrogen-bond acceptors (Lipinski definition) is 2. The summed E-state index contributed by atoms with van der Waals surface area (Å²) in [5, 5.41) is 4.72. The van der Waals surface area contributed by atoms with E-state index in [2.05, 4.69) is 23.7 Å². The molecular weight excluding hydrogens is 306 g/mol. The van der Waals surface area contributed by atoms with Crippen molar-refractivity contribution in [2.75, 3.05) is 18.4 Å². The molecule has 0 saturated carbocycles. The first kappa shape index (κ1) is 15.1. The molecule has 1 amide bonds. The predicted octanol–water partition coefficient (Wildman–Crippen LogP) is 2.17. The topological polar surface area (TPSA) is 33.5 Å². The molecule has 0 bridgehead atoms. The smallest absolute Gasteiger partial charge is 0.279 e. The van der Waals surface area contributed by atoms with Crippen molar-refractivity contribution in [3.63, 3.8) is 0 Å². The van der Waals surface area contributed by atoms with E-state index in [4.69, 9.17) is 0 Å². The fourth-order valence-electron chi connectivity index (χ4n) is 2.88. The van der Waals surface area contributed by atoms with Gasteiger partial charge in [0.25, 0.3) is 5.91 Å². The summed E-state index contributed by atoms with van der Waals surface area (Å²) in [7, 11) is 0. The van der Waals surface area contributed by atoms with Gasteiger partial charge in [0, 0.05) is 28.6 Å². The van der Waals surface area contributed by atoms with Crippen LogP contribution in [0.5, 0.6) is 0 Å². The van der Waals surface area contributed by atoms with Crippen LogP contribution < -0.4 is 10.2 Å². The van der Waals surface area contributed by atoms with Gasteiger partial charge in [-0.3, -0.25) is 4.79 Å². The SMILES string of the molecule is C[C@H]1c2ccsc2CC[NH+]1CC(=O)Nc1ccc(F)c(F)c1. The molecule has 0 radical (unpaired) electrons. The molecule has 116 valence electrons. The number of nitrogens with one attached hydrogen (secondary N) is 2. The van der Waals surface area contributed by atoms with Crippen molar-refractivity contribution < 1.29 is 18.5 Å². The summed E-state index contributed by atoms with van der Waals surface area (Å²) in [5.74, 6) is -2.07. The molecular formula is C16H17F2N2OS+. The number of carbonyl (C=O) groups excluding carboxylic acids is 1. The molecule has 1 aromatic heterocycles. The Kier molecular flexibility index (Phi) is 4.22. The number of thiophene rings is 1. The average Bonchev–Trinajstić information content (AvgIpc) is 2.95. The minimum atomic E-state index is -0.959. The maximum Gasteiger partial charge on any atom is 0.279 e. The van der Waals surface area contributed by atoms with E-state index in [-0.39, 0.29) is 17.6 Å². The quantitative estimate of drug-likeness (QED) is 0.892. The van der Waals surface area contributed by atoms with Crippen LogP contribution in [0.15, 0.2) is 29.6 Å². The van der Waals surface area contributed by atoms with E-state index in [1.807, 2.05) is 0 Å². The van der Waals surface area contributed by atoms with Crippen LogP contribution in [0.1, 0.15) is 23.4 Å². The lowest BCUT2D eigenvalue weighted by atomic mass is 10.0. The zero-order chi connectivity index (χ0) is 15.7. The second-order valence-corrected chi connectivity index (χ2v) is 6.53. The Bertz CT molecular complexity index is 701. The molecule has 0 saturated heterocycles. The minimum Gasteiger partial charge on any atom is -0.321 e. The van der Waals surface area contributed by atoms with E-state index < -0.39 is 11.6 Å². The maximum atomic E-state index is 13.1. The molecule has 2 N–H and O–H groups in total. The van der Waals surface area contributed by atoms with E-state index in [0.29, 0.717) is 6.54 Å². The Morgan fingerprint density at radius 1 is 1.36 bits per heavy atom. The first-order valence-electron chi connectivity index (χ1n) is 7.20. The van der Waals surface area contributed by atoms with Crippen molar-refractivity contribution in [2.45, 2.75) is 19.4 Å². The van der Waals surface area contributed by atoms with Crippen LogP contribution in [0.3, 0.4) is 0 Å². The lowest BCUT2D eigenvalue weighted by Crippen LogP contribution is -3.14. The fourth-order valence-corrected chi connectivity index (χ4v) is 3.86. The van der Waals surface area contributed by atoms with Gasteiger partial charge in [0.1, 0.15) is 6.04 Å². The lowest BCUT2D eigenvalue weighted by Gasteiger charge is -2.29. The van der Waals surface area contributed by atoms with E-state index in [9.17, 15) is 13.6 Å². The first-order chi connectivity index (χ1) is 10.5. The molecule has 2 aromatic rings. The standard InChI is InChI=1S/C16H16F2N2OS/c1-10-12-5-7-22-15(12)4-6-20(10)9-16(21)19-11-2-3-13(17)14(18)8-11/h2-3,5,7-8,10H,4,6,9H2,1H3,(H,19,21)/p+1/t10-/m0/s1. The number of fused-ring (bicyclic) bond motifs is 1. The number of anilines is 1. The highest BCUT2D eigenvalue weighted by molar-refractivity contribution is 7.10. The number of benzene rings is 1. The summed E-state index contributed by atoms with van der Waals surface area (Å²) in [6.45, 7) is 3.33. The van der Waals surface area contributed by atoms with Gasteiger partial charge in [-0.2, -0.15) is 0 Å². The van der Waals surface area contributed by atoms with Crippen LogP contribution >= 0.6 is 11.3 Å². The number of rotatable bonds is 3. The number of amides is 1. The van der Waals surface area contributed by atoms with Gasteiger partial charge >= 0.3 is 0 Å². The van der Waals surface area contributed by atoms with Crippen LogP contribution in [0.2, 0.25) is 0 Å². The third-order valence-corrected chi connectivity index (χ3v) is 5.12. The van der Waals surface area contributed by atoms with Crippen LogP contribution in [0.4, 0.5) is 14.5 Å². The molecule has 1 aliphatic rings. The van der Waals surface area contributed by atoms with E-state index in [1.54, 1.807) is 11.3 Å². The Balaban J connectivity index is 1.64.